The second kappa shape index (κ2) is 11.0. The lowest BCUT2D eigenvalue weighted by Crippen LogP contribution is -2.14. The molecule has 9 heteroatoms. The first-order valence-corrected chi connectivity index (χ1v) is 12.5. The van der Waals surface area contributed by atoms with Crippen molar-refractivity contribution < 1.29 is 19.2 Å². The van der Waals surface area contributed by atoms with Crippen LogP contribution in [-0.2, 0) is 12.1 Å². The zero-order valence-corrected chi connectivity index (χ0v) is 22.9. The van der Waals surface area contributed by atoms with Gasteiger partial charge in [-0.1, -0.05) is 39.0 Å². The number of nitrogens with zero attached hydrogens (tertiary/aromatic N) is 3. The summed E-state index contributed by atoms with van der Waals surface area (Å²) in [4.78, 5) is 23.9. The average Bonchev–Trinajstić information content (AvgIpc) is 3.35. The molecule has 0 unspecified atom stereocenters. The standard InChI is InChI=1S/C30H32N4O5/c1-19-13-20(2)21(3)28(14-19)39-26-16-23(15-24(17-26)34(36)37)31-29(35)27-11-12-33(32-27)18-38-25-9-7-22(8-10-25)30(4,5)6/h7-17H,18H2,1-6H3,(H,31,35). The summed E-state index contributed by atoms with van der Waals surface area (Å²) in [5.41, 5.74) is 4.38. The van der Waals surface area contributed by atoms with Crippen LogP contribution in [0.1, 0.15) is 53.5 Å². The highest BCUT2D eigenvalue weighted by molar-refractivity contribution is 6.03. The number of ether oxygens (including phenoxy) is 2. The monoisotopic (exact) mass is 528 g/mol. The summed E-state index contributed by atoms with van der Waals surface area (Å²) >= 11 is 0. The number of anilines is 1. The third-order valence-corrected chi connectivity index (χ3v) is 6.31. The van der Waals surface area contributed by atoms with Gasteiger partial charge in [0.05, 0.1) is 16.7 Å². The van der Waals surface area contributed by atoms with Gasteiger partial charge in [-0.05, 0) is 72.7 Å². The van der Waals surface area contributed by atoms with Gasteiger partial charge in [-0.3, -0.25) is 14.9 Å². The fourth-order valence-corrected chi connectivity index (χ4v) is 4.00. The van der Waals surface area contributed by atoms with E-state index in [1.807, 2.05) is 57.2 Å². The van der Waals surface area contributed by atoms with Gasteiger partial charge in [0.25, 0.3) is 11.6 Å². The van der Waals surface area contributed by atoms with Crippen LogP contribution in [0.25, 0.3) is 0 Å². The number of benzene rings is 3. The Bertz CT molecular complexity index is 1520. The van der Waals surface area contributed by atoms with Crippen LogP contribution in [-0.4, -0.2) is 20.6 Å². The molecule has 0 bridgehead atoms. The van der Waals surface area contributed by atoms with Crippen molar-refractivity contribution in [2.75, 3.05) is 5.32 Å². The van der Waals surface area contributed by atoms with Gasteiger partial charge >= 0.3 is 0 Å². The highest BCUT2D eigenvalue weighted by Crippen LogP contribution is 2.33. The molecule has 0 radical (unpaired) electrons. The molecule has 202 valence electrons. The molecule has 4 aromatic rings. The van der Waals surface area contributed by atoms with E-state index in [1.54, 1.807) is 18.3 Å². The number of aromatic nitrogens is 2. The Labute approximate surface area is 227 Å². The summed E-state index contributed by atoms with van der Waals surface area (Å²) < 4.78 is 13.3. The second-order valence-electron chi connectivity index (χ2n) is 10.5. The summed E-state index contributed by atoms with van der Waals surface area (Å²) in [5, 5.41) is 18.5. The fourth-order valence-electron chi connectivity index (χ4n) is 4.00. The first-order chi connectivity index (χ1) is 18.4. The molecule has 0 aliphatic carbocycles. The number of amides is 1. The van der Waals surface area contributed by atoms with Gasteiger partial charge in [0.2, 0.25) is 0 Å². The van der Waals surface area contributed by atoms with E-state index in [4.69, 9.17) is 9.47 Å². The normalized spacial score (nSPS) is 11.2. The van der Waals surface area contributed by atoms with Crippen molar-refractivity contribution >= 4 is 17.3 Å². The zero-order valence-electron chi connectivity index (χ0n) is 22.9. The highest BCUT2D eigenvalue weighted by Gasteiger charge is 2.17. The number of aryl methyl sites for hydroxylation is 2. The number of nitro benzene ring substituents is 1. The lowest BCUT2D eigenvalue weighted by molar-refractivity contribution is -0.384. The number of non-ortho nitro benzene ring substituents is 1. The second-order valence-corrected chi connectivity index (χ2v) is 10.5. The lowest BCUT2D eigenvalue weighted by atomic mass is 9.87. The van der Waals surface area contributed by atoms with Gasteiger partial charge in [0, 0.05) is 18.3 Å². The quantitative estimate of drug-likeness (QED) is 0.193. The molecule has 0 saturated carbocycles. The van der Waals surface area contributed by atoms with E-state index in [-0.39, 0.29) is 35.0 Å². The Morgan fingerprint density at radius 2 is 1.72 bits per heavy atom. The van der Waals surface area contributed by atoms with Gasteiger partial charge in [-0.15, -0.1) is 0 Å². The molecule has 0 fully saturated rings. The van der Waals surface area contributed by atoms with Crippen LogP contribution in [0.4, 0.5) is 11.4 Å². The number of carbonyl (C=O) groups is 1. The first kappa shape index (κ1) is 27.4. The lowest BCUT2D eigenvalue weighted by Gasteiger charge is -2.19. The molecule has 1 amide bonds. The molecule has 4 rings (SSSR count). The molecule has 0 aliphatic rings. The predicted octanol–water partition coefficient (Wildman–Crippen LogP) is 7.10. The Kier molecular flexibility index (Phi) is 7.71. The summed E-state index contributed by atoms with van der Waals surface area (Å²) in [6, 6.07) is 17.5. The fraction of sp³-hybridized carbons (Fsp3) is 0.267. The smallest absolute Gasteiger partial charge is 0.276 e. The van der Waals surface area contributed by atoms with E-state index in [0.717, 1.165) is 16.7 Å². The third kappa shape index (κ3) is 6.81. The van der Waals surface area contributed by atoms with Crippen LogP contribution in [0.2, 0.25) is 0 Å². The summed E-state index contributed by atoms with van der Waals surface area (Å²) in [6.45, 7) is 12.4. The SMILES string of the molecule is Cc1cc(C)c(C)c(Oc2cc(NC(=O)c3ccn(COc4ccc(C(C)(C)C)cc4)n3)cc([N+](=O)[O-])c2)c1. The summed E-state index contributed by atoms with van der Waals surface area (Å²) in [6.07, 6.45) is 1.63. The van der Waals surface area contributed by atoms with Crippen LogP contribution in [0.5, 0.6) is 17.2 Å². The van der Waals surface area contributed by atoms with E-state index in [2.05, 4.69) is 31.2 Å². The zero-order chi connectivity index (χ0) is 28.3. The van der Waals surface area contributed by atoms with Crippen molar-refractivity contribution in [1.29, 1.82) is 0 Å². The third-order valence-electron chi connectivity index (χ3n) is 6.31. The van der Waals surface area contributed by atoms with Crippen molar-refractivity contribution in [2.45, 2.75) is 53.7 Å². The Balaban J connectivity index is 1.46. The molecule has 0 saturated heterocycles. The molecule has 39 heavy (non-hydrogen) atoms. The van der Waals surface area contributed by atoms with Crippen molar-refractivity contribution in [2.24, 2.45) is 0 Å². The highest BCUT2D eigenvalue weighted by atomic mass is 16.6. The van der Waals surface area contributed by atoms with E-state index in [1.165, 1.54) is 22.4 Å². The molecule has 1 aromatic heterocycles. The van der Waals surface area contributed by atoms with E-state index in [9.17, 15) is 14.9 Å². The minimum Gasteiger partial charge on any atom is -0.471 e. The Morgan fingerprint density at radius 3 is 2.38 bits per heavy atom. The molecule has 0 aliphatic heterocycles. The van der Waals surface area contributed by atoms with Gasteiger partial charge in [0.1, 0.15) is 17.2 Å². The van der Waals surface area contributed by atoms with E-state index >= 15 is 0 Å². The van der Waals surface area contributed by atoms with E-state index < -0.39 is 10.8 Å². The maximum atomic E-state index is 12.9. The number of nitro groups is 1. The van der Waals surface area contributed by atoms with Crippen LogP contribution < -0.4 is 14.8 Å². The summed E-state index contributed by atoms with van der Waals surface area (Å²) in [5.74, 6) is 1.01. The van der Waals surface area contributed by atoms with Gasteiger partial charge in [0.15, 0.2) is 12.4 Å². The van der Waals surface area contributed by atoms with Gasteiger partial charge in [-0.2, -0.15) is 5.10 Å². The first-order valence-electron chi connectivity index (χ1n) is 12.5. The Hall–Kier alpha value is -4.66. The molecule has 9 nitrogen and oxygen atoms in total. The molecule has 1 heterocycles. The number of hydrogen-bond acceptors (Lipinski definition) is 6. The topological polar surface area (TPSA) is 109 Å². The average molecular weight is 529 g/mol. The van der Waals surface area contributed by atoms with Crippen molar-refractivity contribution in [3.05, 3.63) is 105 Å². The number of rotatable bonds is 8. The molecule has 1 N–H and O–H groups in total. The van der Waals surface area contributed by atoms with E-state index in [0.29, 0.717) is 11.5 Å². The number of hydrogen-bond donors (Lipinski definition) is 1. The molecule has 3 aromatic carbocycles. The minimum atomic E-state index is -0.531. The van der Waals surface area contributed by atoms with Gasteiger partial charge < -0.3 is 14.8 Å². The maximum Gasteiger partial charge on any atom is 0.276 e. The summed E-state index contributed by atoms with van der Waals surface area (Å²) in [7, 11) is 0. The predicted molar refractivity (Wildman–Crippen MR) is 150 cm³/mol. The van der Waals surface area contributed by atoms with Crippen molar-refractivity contribution in [3.8, 4) is 17.2 Å². The Morgan fingerprint density at radius 1 is 1.00 bits per heavy atom. The minimum absolute atomic E-state index is 0.0490. The van der Waals surface area contributed by atoms with Crippen LogP contribution in [0, 0.1) is 30.9 Å². The largest absolute Gasteiger partial charge is 0.471 e. The van der Waals surface area contributed by atoms with Gasteiger partial charge in [-0.25, -0.2) is 4.68 Å². The molecule has 0 spiro atoms. The van der Waals surface area contributed by atoms with Crippen molar-refractivity contribution in [3.63, 3.8) is 0 Å². The maximum absolute atomic E-state index is 12.9. The molecule has 0 atom stereocenters. The number of carbonyl (C=O) groups excluding carboxylic acids is 1. The van der Waals surface area contributed by atoms with Crippen LogP contribution >= 0.6 is 0 Å². The molecular formula is C30H32N4O5. The van der Waals surface area contributed by atoms with Crippen LogP contribution in [0.3, 0.4) is 0 Å². The molecular weight excluding hydrogens is 496 g/mol. The number of nitrogens with one attached hydrogen (secondary N) is 1. The van der Waals surface area contributed by atoms with Crippen LogP contribution in [0.15, 0.2) is 66.9 Å². The van der Waals surface area contributed by atoms with Crippen molar-refractivity contribution in [1.82, 2.24) is 9.78 Å².